The number of hydrogen-bond donors (Lipinski definition) is 0. The first kappa shape index (κ1) is 19.7. The van der Waals surface area contributed by atoms with Crippen LogP contribution in [0.5, 0.6) is 5.75 Å². The Balaban J connectivity index is 1.59. The van der Waals surface area contributed by atoms with Gasteiger partial charge in [-0.3, -0.25) is 4.79 Å². The first-order chi connectivity index (χ1) is 14.2. The molecule has 5 nitrogen and oxygen atoms in total. The topological polar surface area (TPSA) is 56.5 Å². The standard InChI is InChI=1S/C22H21N3O2S2/c1-3-4-13-27-17-9-7-16(8-10-17)20-23-22-25(24-20)21(26)19(29-22)14-15-5-11-18(28-2)12-6-15/h5-12,14H,3-4,13H2,1-2H3. The number of hydrogen-bond acceptors (Lipinski definition) is 6. The van der Waals surface area contributed by atoms with Gasteiger partial charge in [-0.25, -0.2) is 0 Å². The Morgan fingerprint density at radius 1 is 1.14 bits per heavy atom. The Labute approximate surface area is 177 Å². The van der Waals surface area contributed by atoms with Gasteiger partial charge in [-0.1, -0.05) is 36.8 Å². The van der Waals surface area contributed by atoms with Crippen LogP contribution in [0.25, 0.3) is 22.4 Å². The van der Waals surface area contributed by atoms with Crippen LogP contribution in [0.4, 0.5) is 0 Å². The highest BCUT2D eigenvalue weighted by Gasteiger charge is 2.12. The molecule has 0 fully saturated rings. The molecule has 29 heavy (non-hydrogen) atoms. The van der Waals surface area contributed by atoms with E-state index in [2.05, 4.69) is 17.0 Å². The molecule has 148 valence electrons. The molecule has 0 amide bonds. The van der Waals surface area contributed by atoms with Gasteiger partial charge in [-0.05, 0) is 60.7 Å². The van der Waals surface area contributed by atoms with E-state index >= 15 is 0 Å². The zero-order valence-electron chi connectivity index (χ0n) is 16.3. The van der Waals surface area contributed by atoms with E-state index in [1.807, 2.05) is 60.9 Å². The fourth-order valence-corrected chi connectivity index (χ4v) is 4.16. The molecule has 2 heterocycles. The van der Waals surface area contributed by atoms with E-state index in [1.54, 1.807) is 11.8 Å². The van der Waals surface area contributed by atoms with E-state index in [1.165, 1.54) is 20.7 Å². The molecule has 0 unspecified atom stereocenters. The summed E-state index contributed by atoms with van der Waals surface area (Å²) >= 11 is 3.04. The van der Waals surface area contributed by atoms with Crippen molar-refractivity contribution in [1.82, 2.24) is 14.6 Å². The van der Waals surface area contributed by atoms with Crippen LogP contribution in [0.1, 0.15) is 25.3 Å². The second-order valence-corrected chi connectivity index (χ2v) is 8.43. The molecule has 7 heteroatoms. The zero-order valence-corrected chi connectivity index (χ0v) is 17.9. The van der Waals surface area contributed by atoms with Gasteiger partial charge in [-0.15, -0.1) is 16.9 Å². The molecule has 0 aliphatic heterocycles. The number of thioether (sulfide) groups is 1. The first-order valence-electron chi connectivity index (χ1n) is 9.46. The summed E-state index contributed by atoms with van der Waals surface area (Å²) in [6.45, 7) is 2.85. The summed E-state index contributed by atoms with van der Waals surface area (Å²) in [5.74, 6) is 1.38. The molecule has 0 saturated carbocycles. The van der Waals surface area contributed by atoms with Crippen LogP contribution in [-0.4, -0.2) is 27.5 Å². The third-order valence-electron chi connectivity index (χ3n) is 4.47. The second-order valence-electron chi connectivity index (χ2n) is 6.55. The number of aromatic nitrogens is 3. The van der Waals surface area contributed by atoms with Gasteiger partial charge >= 0.3 is 0 Å². The van der Waals surface area contributed by atoms with Crippen LogP contribution in [0.3, 0.4) is 0 Å². The van der Waals surface area contributed by atoms with Crippen molar-refractivity contribution in [3.05, 3.63) is 69.0 Å². The lowest BCUT2D eigenvalue weighted by molar-refractivity contribution is 0.309. The molecule has 0 aliphatic carbocycles. The number of nitrogens with zero attached hydrogens (tertiary/aromatic N) is 3. The predicted molar refractivity (Wildman–Crippen MR) is 120 cm³/mol. The minimum absolute atomic E-state index is 0.141. The van der Waals surface area contributed by atoms with Crippen molar-refractivity contribution >= 4 is 34.1 Å². The molecule has 0 spiro atoms. The van der Waals surface area contributed by atoms with E-state index in [0.717, 1.165) is 29.7 Å². The fraction of sp³-hybridized carbons (Fsp3) is 0.227. The smallest absolute Gasteiger partial charge is 0.291 e. The Bertz CT molecular complexity index is 1210. The highest BCUT2D eigenvalue weighted by Crippen LogP contribution is 2.21. The maximum absolute atomic E-state index is 12.7. The molecule has 4 aromatic rings. The molecule has 2 aromatic carbocycles. The second kappa shape index (κ2) is 8.80. The molecular formula is C22H21N3O2S2. The van der Waals surface area contributed by atoms with Gasteiger partial charge in [-0.2, -0.15) is 9.50 Å². The van der Waals surface area contributed by atoms with Crippen molar-refractivity contribution in [3.8, 4) is 17.1 Å². The molecule has 4 rings (SSSR count). The molecule has 0 aliphatic rings. The Hall–Kier alpha value is -2.64. The van der Waals surface area contributed by atoms with Crippen molar-refractivity contribution < 1.29 is 4.74 Å². The molecule has 0 saturated heterocycles. The minimum atomic E-state index is -0.141. The van der Waals surface area contributed by atoms with Gasteiger partial charge in [0.2, 0.25) is 4.96 Å². The Morgan fingerprint density at radius 3 is 2.55 bits per heavy atom. The summed E-state index contributed by atoms with van der Waals surface area (Å²) in [6, 6.07) is 15.8. The summed E-state index contributed by atoms with van der Waals surface area (Å²) in [6.07, 6.45) is 6.07. The third kappa shape index (κ3) is 4.36. The van der Waals surface area contributed by atoms with Crippen molar-refractivity contribution in [1.29, 1.82) is 0 Å². The molecule has 0 radical (unpaired) electrons. The Morgan fingerprint density at radius 2 is 1.90 bits per heavy atom. The quantitative estimate of drug-likeness (QED) is 0.328. The summed E-state index contributed by atoms with van der Waals surface area (Å²) in [5, 5.41) is 4.42. The van der Waals surface area contributed by atoms with Crippen LogP contribution in [-0.2, 0) is 0 Å². The summed E-state index contributed by atoms with van der Waals surface area (Å²) in [7, 11) is 0. The van der Waals surface area contributed by atoms with Gasteiger partial charge in [0.15, 0.2) is 5.82 Å². The highest BCUT2D eigenvalue weighted by atomic mass is 32.2. The monoisotopic (exact) mass is 423 g/mol. The fourth-order valence-electron chi connectivity index (χ4n) is 2.84. The van der Waals surface area contributed by atoms with E-state index in [4.69, 9.17) is 4.74 Å². The number of rotatable bonds is 7. The highest BCUT2D eigenvalue weighted by molar-refractivity contribution is 7.98. The van der Waals surface area contributed by atoms with Gasteiger partial charge in [0, 0.05) is 10.5 Å². The van der Waals surface area contributed by atoms with Gasteiger partial charge in [0.25, 0.3) is 5.56 Å². The number of ether oxygens (including phenoxy) is 1. The number of benzene rings is 2. The zero-order chi connectivity index (χ0) is 20.2. The van der Waals surface area contributed by atoms with Crippen molar-refractivity contribution in [2.45, 2.75) is 24.7 Å². The van der Waals surface area contributed by atoms with Crippen LogP contribution in [0, 0.1) is 0 Å². The van der Waals surface area contributed by atoms with Crippen molar-refractivity contribution in [2.75, 3.05) is 12.9 Å². The normalized spacial score (nSPS) is 12.0. The maximum Gasteiger partial charge on any atom is 0.291 e. The van der Waals surface area contributed by atoms with E-state index in [-0.39, 0.29) is 5.56 Å². The van der Waals surface area contributed by atoms with Crippen molar-refractivity contribution in [2.24, 2.45) is 0 Å². The molecule has 0 atom stereocenters. The lowest BCUT2D eigenvalue weighted by Crippen LogP contribution is -2.23. The van der Waals surface area contributed by atoms with Gasteiger partial charge in [0.1, 0.15) is 5.75 Å². The number of unbranched alkanes of at least 4 members (excludes halogenated alkanes) is 1. The lowest BCUT2D eigenvalue weighted by atomic mass is 10.2. The Kier molecular flexibility index (Phi) is 5.97. The summed E-state index contributed by atoms with van der Waals surface area (Å²) in [5.41, 5.74) is 1.71. The van der Waals surface area contributed by atoms with Crippen LogP contribution in [0.15, 0.2) is 58.2 Å². The largest absolute Gasteiger partial charge is 0.494 e. The summed E-state index contributed by atoms with van der Waals surface area (Å²) < 4.78 is 7.70. The van der Waals surface area contributed by atoms with Crippen LogP contribution < -0.4 is 14.8 Å². The minimum Gasteiger partial charge on any atom is -0.494 e. The molecule has 2 aromatic heterocycles. The average molecular weight is 424 g/mol. The average Bonchev–Trinajstić information content (AvgIpc) is 3.29. The third-order valence-corrected chi connectivity index (χ3v) is 6.18. The van der Waals surface area contributed by atoms with Crippen LogP contribution >= 0.6 is 23.1 Å². The number of fused-ring (bicyclic) bond motifs is 1. The van der Waals surface area contributed by atoms with E-state index in [9.17, 15) is 4.79 Å². The molecular weight excluding hydrogens is 402 g/mol. The summed E-state index contributed by atoms with van der Waals surface area (Å²) in [4.78, 5) is 19.1. The van der Waals surface area contributed by atoms with Crippen molar-refractivity contribution in [3.63, 3.8) is 0 Å². The molecule has 0 bridgehead atoms. The van der Waals surface area contributed by atoms with Gasteiger partial charge < -0.3 is 4.74 Å². The molecule has 0 N–H and O–H groups in total. The van der Waals surface area contributed by atoms with Gasteiger partial charge in [0.05, 0.1) is 11.1 Å². The maximum atomic E-state index is 12.7. The first-order valence-corrected chi connectivity index (χ1v) is 11.5. The van der Waals surface area contributed by atoms with E-state index in [0.29, 0.717) is 21.9 Å². The number of thiazole rings is 1. The van der Waals surface area contributed by atoms with E-state index < -0.39 is 0 Å². The van der Waals surface area contributed by atoms with Crippen LogP contribution in [0.2, 0.25) is 0 Å². The predicted octanol–water partition coefficient (Wildman–Crippen LogP) is 4.27. The SMILES string of the molecule is CCCCOc1ccc(-c2nc3sc(=Cc4ccc(SC)cc4)c(=O)n3n2)cc1. The lowest BCUT2D eigenvalue weighted by Gasteiger charge is -2.05.